The quantitative estimate of drug-likeness (QED) is 0.468. The van der Waals surface area contributed by atoms with Gasteiger partial charge in [-0.05, 0) is 105 Å². The first-order chi connectivity index (χ1) is 14.0. The number of benzene rings is 1. The molecular formula is C30H38. The average Bonchev–Trinajstić information content (AvgIpc) is 3.24. The van der Waals surface area contributed by atoms with Gasteiger partial charge in [0.25, 0.3) is 0 Å². The molecule has 1 aromatic carbocycles. The van der Waals surface area contributed by atoms with E-state index < -0.39 is 0 Å². The highest BCUT2D eigenvalue weighted by Crippen LogP contribution is 2.54. The molecule has 0 heterocycles. The predicted octanol–water partition coefficient (Wildman–Crippen LogP) is 8.53. The van der Waals surface area contributed by atoms with Crippen LogP contribution in [0.15, 0.2) is 46.6 Å². The lowest BCUT2D eigenvalue weighted by Gasteiger charge is -2.39. The van der Waals surface area contributed by atoms with Gasteiger partial charge in [-0.3, -0.25) is 0 Å². The summed E-state index contributed by atoms with van der Waals surface area (Å²) in [5, 5.41) is 0. The molecule has 0 bridgehead atoms. The fraction of sp³-hybridized carbons (Fsp3) is 0.533. The van der Waals surface area contributed by atoms with Crippen LogP contribution >= 0.6 is 0 Å². The number of hydrogen-bond donors (Lipinski definition) is 0. The molecule has 0 spiro atoms. The zero-order valence-corrected chi connectivity index (χ0v) is 20.3. The molecule has 4 aliphatic rings. The van der Waals surface area contributed by atoms with Gasteiger partial charge in [-0.25, -0.2) is 0 Å². The Morgan fingerprint density at radius 2 is 1.00 bits per heavy atom. The highest BCUT2D eigenvalue weighted by atomic mass is 14.4. The van der Waals surface area contributed by atoms with Crippen molar-refractivity contribution in [2.75, 3.05) is 0 Å². The van der Waals surface area contributed by atoms with Crippen LogP contribution in [-0.2, 0) is 10.8 Å². The molecule has 0 saturated heterocycles. The highest BCUT2D eigenvalue weighted by Gasteiger charge is 2.40. The zero-order chi connectivity index (χ0) is 21.6. The van der Waals surface area contributed by atoms with E-state index >= 15 is 0 Å². The van der Waals surface area contributed by atoms with Crippen molar-refractivity contribution in [2.24, 2.45) is 11.8 Å². The summed E-state index contributed by atoms with van der Waals surface area (Å²) in [7, 11) is 0. The van der Waals surface area contributed by atoms with Gasteiger partial charge in [0.1, 0.15) is 0 Å². The van der Waals surface area contributed by atoms with Crippen molar-refractivity contribution in [1.29, 1.82) is 0 Å². The average molecular weight is 399 g/mol. The van der Waals surface area contributed by atoms with Crippen molar-refractivity contribution >= 4 is 11.1 Å². The second-order valence-corrected chi connectivity index (χ2v) is 12.2. The summed E-state index contributed by atoms with van der Waals surface area (Å²) in [4.78, 5) is 0. The second kappa shape index (κ2) is 6.35. The molecule has 30 heavy (non-hydrogen) atoms. The molecule has 0 N–H and O–H groups in total. The molecule has 0 atom stereocenters. The molecule has 4 aliphatic carbocycles. The van der Waals surface area contributed by atoms with Crippen LogP contribution in [0.25, 0.3) is 11.1 Å². The Morgan fingerprint density at radius 1 is 0.633 bits per heavy atom. The van der Waals surface area contributed by atoms with E-state index in [2.05, 4.69) is 79.7 Å². The van der Waals surface area contributed by atoms with E-state index in [1.54, 1.807) is 55.7 Å². The Hall–Kier alpha value is -1.82. The van der Waals surface area contributed by atoms with Gasteiger partial charge in [0.2, 0.25) is 0 Å². The summed E-state index contributed by atoms with van der Waals surface area (Å²) in [5.41, 5.74) is 16.4. The molecule has 0 saturated carbocycles. The third-order valence-corrected chi connectivity index (χ3v) is 8.27. The Labute approximate surface area is 183 Å². The van der Waals surface area contributed by atoms with Crippen LogP contribution in [0.5, 0.6) is 0 Å². The zero-order valence-electron chi connectivity index (χ0n) is 20.3. The largest absolute Gasteiger partial charge is 0.0630 e. The molecule has 1 aromatic rings. The standard InChI is InChI=1S/C30H38/c1-17(2)19-9-21-15-29(5,6)27-14-26-24-12-20(18(3)4)10-22(24)16-30(7,8)28(26)13-25(27)23(21)11-19/h9-10,13-14,17-18H,11-12,15-16H2,1-8H3. The molecule has 5 rings (SSSR count). The van der Waals surface area contributed by atoms with Crippen LogP contribution in [0.4, 0.5) is 0 Å². The minimum atomic E-state index is 0.196. The molecule has 0 fully saturated rings. The summed E-state index contributed by atoms with van der Waals surface area (Å²) in [6, 6.07) is 5.24. The van der Waals surface area contributed by atoms with Crippen LogP contribution < -0.4 is 0 Å². The Morgan fingerprint density at radius 3 is 1.33 bits per heavy atom. The molecule has 0 amide bonds. The maximum atomic E-state index is 2.62. The lowest BCUT2D eigenvalue weighted by atomic mass is 9.65. The lowest BCUT2D eigenvalue weighted by Crippen LogP contribution is -2.28. The van der Waals surface area contributed by atoms with Crippen LogP contribution in [0.1, 0.15) is 103 Å². The van der Waals surface area contributed by atoms with Crippen LogP contribution in [0, 0.1) is 11.8 Å². The number of rotatable bonds is 2. The van der Waals surface area contributed by atoms with Crippen LogP contribution in [0.3, 0.4) is 0 Å². The van der Waals surface area contributed by atoms with Crippen molar-refractivity contribution in [1.82, 2.24) is 0 Å². The Balaban J connectivity index is 1.68. The summed E-state index contributed by atoms with van der Waals surface area (Å²) < 4.78 is 0. The van der Waals surface area contributed by atoms with E-state index in [9.17, 15) is 0 Å². The monoisotopic (exact) mass is 398 g/mol. The van der Waals surface area contributed by atoms with Gasteiger partial charge in [-0.1, -0.05) is 78.7 Å². The summed E-state index contributed by atoms with van der Waals surface area (Å²) in [6.45, 7) is 19.2. The van der Waals surface area contributed by atoms with Gasteiger partial charge in [0.15, 0.2) is 0 Å². The molecule has 0 radical (unpaired) electrons. The smallest absolute Gasteiger partial charge is 0.00525 e. The third-order valence-electron chi connectivity index (χ3n) is 8.27. The minimum absolute atomic E-state index is 0.196. The Kier molecular flexibility index (Phi) is 4.25. The van der Waals surface area contributed by atoms with Gasteiger partial charge < -0.3 is 0 Å². The van der Waals surface area contributed by atoms with E-state index in [-0.39, 0.29) is 10.8 Å². The molecule has 0 nitrogen and oxygen atoms in total. The molecule has 0 aliphatic heterocycles. The molecule has 158 valence electrons. The fourth-order valence-electron chi connectivity index (χ4n) is 6.31. The van der Waals surface area contributed by atoms with Crippen molar-refractivity contribution in [3.05, 3.63) is 68.8 Å². The summed E-state index contributed by atoms with van der Waals surface area (Å²) in [5.74, 6) is 1.28. The van der Waals surface area contributed by atoms with Gasteiger partial charge in [0, 0.05) is 0 Å². The van der Waals surface area contributed by atoms with Crippen molar-refractivity contribution in [2.45, 2.75) is 91.9 Å². The van der Waals surface area contributed by atoms with E-state index in [0.717, 1.165) is 12.8 Å². The first kappa shape index (κ1) is 20.1. The van der Waals surface area contributed by atoms with E-state index in [4.69, 9.17) is 0 Å². The fourth-order valence-corrected chi connectivity index (χ4v) is 6.31. The predicted molar refractivity (Wildman–Crippen MR) is 131 cm³/mol. The Bertz CT molecular complexity index is 986. The topological polar surface area (TPSA) is 0 Å². The van der Waals surface area contributed by atoms with Crippen molar-refractivity contribution < 1.29 is 0 Å². The van der Waals surface area contributed by atoms with Crippen molar-refractivity contribution in [3.8, 4) is 0 Å². The highest BCUT2D eigenvalue weighted by molar-refractivity contribution is 5.87. The third kappa shape index (κ3) is 2.86. The first-order valence-corrected chi connectivity index (χ1v) is 12.0. The second-order valence-electron chi connectivity index (χ2n) is 12.2. The van der Waals surface area contributed by atoms with Gasteiger partial charge in [-0.15, -0.1) is 0 Å². The minimum Gasteiger partial charge on any atom is -0.0630 e. The lowest BCUT2D eigenvalue weighted by molar-refractivity contribution is 0.503. The first-order valence-electron chi connectivity index (χ1n) is 12.0. The summed E-state index contributed by atoms with van der Waals surface area (Å²) in [6.07, 6.45) is 9.73. The maximum Gasteiger partial charge on any atom is -0.00525 e. The maximum absolute atomic E-state index is 2.62. The molecule has 0 unspecified atom stereocenters. The van der Waals surface area contributed by atoms with E-state index in [1.807, 2.05) is 0 Å². The number of fused-ring (bicyclic) bond motifs is 4. The SMILES string of the molecule is CC(C)C1=CC2=C(C1)c1cc3c(cc1C(C)(C)C2)C1=C(C=C(C(C)C)C1)CC3(C)C. The molecular weight excluding hydrogens is 360 g/mol. The van der Waals surface area contributed by atoms with Crippen LogP contribution in [0.2, 0.25) is 0 Å². The summed E-state index contributed by atoms with van der Waals surface area (Å²) >= 11 is 0. The van der Waals surface area contributed by atoms with E-state index in [0.29, 0.717) is 11.8 Å². The van der Waals surface area contributed by atoms with Gasteiger partial charge in [0.05, 0.1) is 0 Å². The van der Waals surface area contributed by atoms with Gasteiger partial charge in [-0.2, -0.15) is 0 Å². The normalized spacial score (nSPS) is 23.4. The van der Waals surface area contributed by atoms with E-state index in [1.165, 1.54) is 12.8 Å². The number of allylic oxidation sites excluding steroid dienone is 8. The van der Waals surface area contributed by atoms with Crippen LogP contribution in [-0.4, -0.2) is 0 Å². The molecule has 0 heteroatoms. The van der Waals surface area contributed by atoms with Gasteiger partial charge >= 0.3 is 0 Å². The molecule has 0 aromatic heterocycles. The van der Waals surface area contributed by atoms with Crippen molar-refractivity contribution in [3.63, 3.8) is 0 Å². The number of hydrogen-bond acceptors (Lipinski definition) is 0.